The molecule has 2 aromatic rings. The Hall–Kier alpha value is -1.66. The molecule has 20 heavy (non-hydrogen) atoms. The quantitative estimate of drug-likeness (QED) is 0.596. The summed E-state index contributed by atoms with van der Waals surface area (Å²) in [4.78, 5) is 17.5. The van der Waals surface area contributed by atoms with E-state index in [1.54, 1.807) is 17.5 Å². The summed E-state index contributed by atoms with van der Waals surface area (Å²) in [6.07, 6.45) is 7.02. The summed E-state index contributed by atoms with van der Waals surface area (Å²) in [5, 5.41) is 3.41. The first kappa shape index (κ1) is 14.7. The number of hydrogen-bond acceptors (Lipinski definition) is 5. The lowest BCUT2D eigenvalue weighted by Gasteiger charge is -2.03. The van der Waals surface area contributed by atoms with Gasteiger partial charge in [0.05, 0.1) is 19.9 Å². The molecule has 0 atom stereocenters. The van der Waals surface area contributed by atoms with E-state index < -0.39 is 0 Å². The number of ether oxygens (including phenoxy) is 1. The molecule has 0 aliphatic rings. The van der Waals surface area contributed by atoms with Crippen molar-refractivity contribution in [3.63, 3.8) is 0 Å². The molecule has 0 aliphatic carbocycles. The molecular weight excluding hydrogens is 274 g/mol. The maximum atomic E-state index is 11.2. The van der Waals surface area contributed by atoms with Crippen LogP contribution in [0.25, 0.3) is 0 Å². The second kappa shape index (κ2) is 7.81. The van der Waals surface area contributed by atoms with Crippen LogP contribution in [0.3, 0.4) is 0 Å². The fourth-order valence-electron chi connectivity index (χ4n) is 1.84. The molecule has 1 N–H and O–H groups in total. The molecule has 0 spiro atoms. The number of hydrogen-bond donors (Lipinski definition) is 1. The first-order valence-corrected chi connectivity index (χ1v) is 7.40. The van der Waals surface area contributed by atoms with E-state index in [4.69, 9.17) is 0 Å². The fraction of sp³-hybridized carbons (Fsp3) is 0.429. The monoisotopic (exact) mass is 293 g/mol. The van der Waals surface area contributed by atoms with Crippen LogP contribution in [0, 0.1) is 0 Å². The standard InChI is InChI=1S/C14H19N3O2S/c1-19-14(18)9-12-3-4-13(20-12)10-15-5-2-7-17-8-6-16-11-17/h3-4,6,8,11,15H,2,5,7,9-10H2,1H3. The highest BCUT2D eigenvalue weighted by atomic mass is 32.1. The van der Waals surface area contributed by atoms with Crippen LogP contribution in [0.2, 0.25) is 0 Å². The van der Waals surface area contributed by atoms with Crippen LogP contribution in [0.4, 0.5) is 0 Å². The van der Waals surface area contributed by atoms with Crippen LogP contribution in [0.5, 0.6) is 0 Å². The third-order valence-corrected chi connectivity index (χ3v) is 3.98. The summed E-state index contributed by atoms with van der Waals surface area (Å²) in [6, 6.07) is 4.05. The van der Waals surface area contributed by atoms with Crippen molar-refractivity contribution in [2.24, 2.45) is 0 Å². The Bertz CT molecular complexity index is 522. The van der Waals surface area contributed by atoms with E-state index in [9.17, 15) is 4.79 Å². The molecule has 2 aromatic heterocycles. The first-order chi connectivity index (χ1) is 9.78. The molecule has 0 aromatic carbocycles. The van der Waals surface area contributed by atoms with Crippen LogP contribution < -0.4 is 5.32 Å². The maximum Gasteiger partial charge on any atom is 0.310 e. The van der Waals surface area contributed by atoms with E-state index in [2.05, 4.69) is 25.7 Å². The van der Waals surface area contributed by atoms with E-state index in [1.807, 2.05) is 18.6 Å². The summed E-state index contributed by atoms with van der Waals surface area (Å²) in [7, 11) is 1.42. The van der Waals surface area contributed by atoms with Gasteiger partial charge in [-0.3, -0.25) is 4.79 Å². The Labute approximate surface area is 122 Å². The molecule has 2 heterocycles. The highest BCUT2D eigenvalue weighted by Crippen LogP contribution is 2.17. The van der Waals surface area contributed by atoms with Crippen molar-refractivity contribution < 1.29 is 9.53 Å². The Morgan fingerprint density at radius 1 is 1.45 bits per heavy atom. The smallest absolute Gasteiger partial charge is 0.310 e. The summed E-state index contributed by atoms with van der Waals surface area (Å²) in [5.41, 5.74) is 0. The molecule has 6 heteroatoms. The van der Waals surface area contributed by atoms with Gasteiger partial charge >= 0.3 is 5.97 Å². The maximum absolute atomic E-state index is 11.2. The third-order valence-electron chi connectivity index (χ3n) is 2.89. The number of imidazole rings is 1. The zero-order valence-electron chi connectivity index (χ0n) is 11.5. The number of esters is 1. The van der Waals surface area contributed by atoms with Gasteiger partial charge in [-0.1, -0.05) is 0 Å². The second-order valence-electron chi connectivity index (χ2n) is 4.45. The minimum Gasteiger partial charge on any atom is -0.469 e. The number of aromatic nitrogens is 2. The van der Waals surface area contributed by atoms with Crippen LogP contribution in [0.15, 0.2) is 30.9 Å². The lowest BCUT2D eigenvalue weighted by molar-refractivity contribution is -0.139. The van der Waals surface area contributed by atoms with Crippen molar-refractivity contribution in [2.75, 3.05) is 13.7 Å². The molecule has 0 unspecified atom stereocenters. The highest BCUT2D eigenvalue weighted by molar-refractivity contribution is 7.12. The number of aryl methyl sites for hydroxylation is 1. The Morgan fingerprint density at radius 2 is 2.30 bits per heavy atom. The lowest BCUT2D eigenvalue weighted by Crippen LogP contribution is -2.15. The first-order valence-electron chi connectivity index (χ1n) is 6.59. The van der Waals surface area contributed by atoms with Crippen molar-refractivity contribution in [1.29, 1.82) is 0 Å². The van der Waals surface area contributed by atoms with Gasteiger partial charge in [-0.2, -0.15) is 0 Å². The minimum absolute atomic E-state index is 0.188. The Balaban J connectivity index is 1.63. The van der Waals surface area contributed by atoms with E-state index in [0.717, 1.165) is 30.9 Å². The Morgan fingerprint density at radius 3 is 3.05 bits per heavy atom. The van der Waals surface area contributed by atoms with Crippen molar-refractivity contribution >= 4 is 17.3 Å². The normalized spacial score (nSPS) is 10.7. The molecule has 0 fully saturated rings. The van der Waals surface area contributed by atoms with Gasteiger partial charge in [0.15, 0.2) is 0 Å². The lowest BCUT2D eigenvalue weighted by atomic mass is 10.3. The predicted molar refractivity (Wildman–Crippen MR) is 78.6 cm³/mol. The third kappa shape index (κ3) is 4.79. The van der Waals surface area contributed by atoms with E-state index in [-0.39, 0.29) is 5.97 Å². The van der Waals surface area contributed by atoms with Crippen molar-refractivity contribution in [3.8, 4) is 0 Å². The number of carbonyl (C=O) groups excluding carboxylic acids is 1. The zero-order chi connectivity index (χ0) is 14.2. The largest absolute Gasteiger partial charge is 0.469 e. The summed E-state index contributed by atoms with van der Waals surface area (Å²) < 4.78 is 6.73. The number of methoxy groups -OCH3 is 1. The van der Waals surface area contributed by atoms with Crippen LogP contribution >= 0.6 is 11.3 Å². The number of nitrogens with one attached hydrogen (secondary N) is 1. The number of carbonyl (C=O) groups is 1. The predicted octanol–water partition coefficient (Wildman–Crippen LogP) is 1.84. The van der Waals surface area contributed by atoms with Crippen LogP contribution in [-0.2, 0) is 29.0 Å². The van der Waals surface area contributed by atoms with Crippen LogP contribution in [-0.4, -0.2) is 29.2 Å². The Kier molecular flexibility index (Phi) is 5.76. The molecule has 2 rings (SSSR count). The van der Waals surface area contributed by atoms with Gasteiger partial charge in [0.2, 0.25) is 0 Å². The van der Waals surface area contributed by atoms with Gasteiger partial charge in [0, 0.05) is 35.2 Å². The summed E-state index contributed by atoms with van der Waals surface area (Å²) in [5.74, 6) is -0.188. The topological polar surface area (TPSA) is 56.1 Å². The van der Waals surface area contributed by atoms with E-state index in [1.165, 1.54) is 12.0 Å². The summed E-state index contributed by atoms with van der Waals surface area (Å²) in [6.45, 7) is 2.78. The van der Waals surface area contributed by atoms with Crippen LogP contribution in [0.1, 0.15) is 16.2 Å². The van der Waals surface area contributed by atoms with Crippen molar-refractivity contribution in [1.82, 2.24) is 14.9 Å². The molecule has 5 nitrogen and oxygen atoms in total. The molecule has 0 bridgehead atoms. The molecule has 0 aliphatic heterocycles. The van der Waals surface area contributed by atoms with Crippen molar-refractivity contribution in [2.45, 2.75) is 25.9 Å². The fourth-order valence-corrected chi connectivity index (χ4v) is 2.82. The van der Waals surface area contributed by atoms with Gasteiger partial charge in [-0.15, -0.1) is 11.3 Å². The minimum atomic E-state index is -0.188. The SMILES string of the molecule is COC(=O)Cc1ccc(CNCCCn2ccnc2)s1. The van der Waals surface area contributed by atoms with Crippen molar-refractivity contribution in [3.05, 3.63) is 40.6 Å². The number of rotatable bonds is 8. The number of thiophene rings is 1. The molecule has 0 saturated heterocycles. The van der Waals surface area contributed by atoms with Gasteiger partial charge in [0.25, 0.3) is 0 Å². The van der Waals surface area contributed by atoms with E-state index in [0.29, 0.717) is 6.42 Å². The molecule has 0 saturated carbocycles. The van der Waals surface area contributed by atoms with Gasteiger partial charge in [0.1, 0.15) is 0 Å². The zero-order valence-corrected chi connectivity index (χ0v) is 12.4. The highest BCUT2D eigenvalue weighted by Gasteiger charge is 2.05. The molecule has 108 valence electrons. The van der Waals surface area contributed by atoms with Gasteiger partial charge in [-0.25, -0.2) is 4.98 Å². The average Bonchev–Trinajstić information content (AvgIpc) is 3.10. The molecule has 0 radical (unpaired) electrons. The molecule has 0 amide bonds. The number of nitrogens with zero attached hydrogens (tertiary/aromatic N) is 2. The summed E-state index contributed by atoms with van der Waals surface area (Å²) >= 11 is 1.65. The van der Waals surface area contributed by atoms with Gasteiger partial charge in [-0.05, 0) is 25.1 Å². The van der Waals surface area contributed by atoms with Gasteiger partial charge < -0.3 is 14.6 Å². The van der Waals surface area contributed by atoms with E-state index >= 15 is 0 Å². The second-order valence-corrected chi connectivity index (χ2v) is 5.70. The average molecular weight is 293 g/mol. The molecular formula is C14H19N3O2S.